The molecule has 166 valence electrons. The lowest BCUT2D eigenvalue weighted by Gasteiger charge is -2.15. The maximum atomic E-state index is 13.3. The Balaban J connectivity index is 0.00000320. The van der Waals surface area contributed by atoms with E-state index in [0.29, 0.717) is 12.3 Å². The molecule has 30 heavy (non-hydrogen) atoms. The molecule has 1 unspecified atom stereocenters. The molecule has 0 aliphatic carbocycles. The van der Waals surface area contributed by atoms with Gasteiger partial charge in [0, 0.05) is 38.5 Å². The molecule has 0 saturated heterocycles. The lowest BCUT2D eigenvalue weighted by Crippen LogP contribution is -2.39. The number of aryl methyl sites for hydroxylation is 1. The third-order valence-electron chi connectivity index (χ3n) is 4.81. The van der Waals surface area contributed by atoms with E-state index in [0.717, 1.165) is 50.1 Å². The summed E-state index contributed by atoms with van der Waals surface area (Å²) in [4.78, 5) is 4.59. The van der Waals surface area contributed by atoms with Gasteiger partial charge in [-0.1, -0.05) is 12.5 Å². The van der Waals surface area contributed by atoms with Crippen molar-refractivity contribution in [3.63, 3.8) is 0 Å². The molecule has 2 N–H and O–H groups in total. The zero-order valence-corrected chi connectivity index (χ0v) is 20.1. The second-order valence-electron chi connectivity index (χ2n) is 7.28. The summed E-state index contributed by atoms with van der Waals surface area (Å²) in [6.07, 6.45) is 5.30. The first kappa shape index (κ1) is 24.4. The highest BCUT2D eigenvalue weighted by Crippen LogP contribution is 2.15. The van der Waals surface area contributed by atoms with Crippen molar-refractivity contribution in [2.75, 3.05) is 19.6 Å². The van der Waals surface area contributed by atoms with Gasteiger partial charge >= 0.3 is 0 Å². The van der Waals surface area contributed by atoms with Gasteiger partial charge in [0.15, 0.2) is 5.96 Å². The summed E-state index contributed by atoms with van der Waals surface area (Å²) < 4.78 is 21.3. The first-order chi connectivity index (χ1) is 14.2. The highest BCUT2D eigenvalue weighted by molar-refractivity contribution is 14.0. The van der Waals surface area contributed by atoms with Crippen LogP contribution in [0.2, 0.25) is 0 Å². The molecule has 1 aliphatic heterocycles. The number of hydrogen-bond acceptors (Lipinski definition) is 4. The summed E-state index contributed by atoms with van der Waals surface area (Å²) >= 11 is 0. The number of nitrogens with one attached hydrogen (secondary N) is 2. The second-order valence-corrected chi connectivity index (χ2v) is 7.28. The van der Waals surface area contributed by atoms with Crippen LogP contribution in [0.1, 0.15) is 44.8 Å². The van der Waals surface area contributed by atoms with E-state index in [4.69, 9.17) is 4.74 Å². The molecule has 1 aliphatic rings. The minimum atomic E-state index is -0.306. The van der Waals surface area contributed by atoms with Gasteiger partial charge in [-0.15, -0.1) is 34.2 Å². The summed E-state index contributed by atoms with van der Waals surface area (Å²) in [7, 11) is 0. The Labute approximate surface area is 194 Å². The van der Waals surface area contributed by atoms with Gasteiger partial charge < -0.3 is 19.9 Å². The van der Waals surface area contributed by atoms with E-state index < -0.39 is 0 Å². The van der Waals surface area contributed by atoms with Gasteiger partial charge in [0.05, 0.1) is 6.54 Å². The molecular weight excluding hydrogens is 498 g/mol. The average Bonchev–Trinajstić information content (AvgIpc) is 2.92. The highest BCUT2D eigenvalue weighted by atomic mass is 127. The van der Waals surface area contributed by atoms with Crippen LogP contribution in [0.3, 0.4) is 0 Å². The Morgan fingerprint density at radius 3 is 2.93 bits per heavy atom. The van der Waals surface area contributed by atoms with E-state index >= 15 is 0 Å². The molecule has 2 heterocycles. The van der Waals surface area contributed by atoms with Gasteiger partial charge in [0.2, 0.25) is 0 Å². The molecule has 2 aromatic rings. The van der Waals surface area contributed by atoms with Gasteiger partial charge in [0.25, 0.3) is 0 Å². The normalized spacial score (nSPS) is 14.8. The van der Waals surface area contributed by atoms with Gasteiger partial charge in [-0.25, -0.2) is 9.38 Å². The van der Waals surface area contributed by atoms with E-state index in [1.54, 1.807) is 12.1 Å². The number of rotatable bonds is 8. The zero-order valence-electron chi connectivity index (χ0n) is 17.7. The van der Waals surface area contributed by atoms with Crippen molar-refractivity contribution < 1.29 is 9.13 Å². The number of guanidine groups is 1. The molecule has 9 heteroatoms. The predicted molar refractivity (Wildman–Crippen MR) is 127 cm³/mol. The molecule has 1 atom stereocenters. The minimum Gasteiger partial charge on any atom is -0.489 e. The van der Waals surface area contributed by atoms with Crippen molar-refractivity contribution in [2.24, 2.45) is 4.99 Å². The monoisotopic (exact) mass is 530 g/mol. The average molecular weight is 530 g/mol. The van der Waals surface area contributed by atoms with Crippen LogP contribution in [0.25, 0.3) is 0 Å². The van der Waals surface area contributed by atoms with Crippen LogP contribution >= 0.6 is 24.0 Å². The standard InChI is InChI=1S/C21H31FN6O.HI/c1-3-23-21(25-15-16(2)29-18-9-7-8-17(22)14-18)24-12-11-20-27-26-19-10-5-4-6-13-28(19)20;/h7-9,14,16H,3-6,10-13,15H2,1-2H3,(H2,23,24,25);1H. The minimum absolute atomic E-state index is 0. The Morgan fingerprint density at radius 2 is 2.13 bits per heavy atom. The Bertz CT molecular complexity index is 813. The first-order valence-electron chi connectivity index (χ1n) is 10.5. The Kier molecular flexibility index (Phi) is 10.3. The number of aromatic nitrogens is 3. The number of ether oxygens (including phenoxy) is 1. The molecule has 3 rings (SSSR count). The third-order valence-corrected chi connectivity index (χ3v) is 4.81. The van der Waals surface area contributed by atoms with Crippen molar-refractivity contribution in [3.8, 4) is 5.75 Å². The number of aliphatic imine (C=N–C) groups is 1. The van der Waals surface area contributed by atoms with Gasteiger partial charge in [-0.2, -0.15) is 0 Å². The van der Waals surface area contributed by atoms with E-state index in [9.17, 15) is 4.39 Å². The molecule has 0 saturated carbocycles. The van der Waals surface area contributed by atoms with Crippen molar-refractivity contribution >= 4 is 29.9 Å². The molecule has 1 aromatic carbocycles. The smallest absolute Gasteiger partial charge is 0.191 e. The summed E-state index contributed by atoms with van der Waals surface area (Å²) in [6.45, 7) is 6.92. The van der Waals surface area contributed by atoms with Crippen LogP contribution < -0.4 is 15.4 Å². The molecule has 0 amide bonds. The maximum absolute atomic E-state index is 13.3. The van der Waals surface area contributed by atoms with Crippen LogP contribution in [0.15, 0.2) is 29.3 Å². The van der Waals surface area contributed by atoms with Crippen LogP contribution in [-0.2, 0) is 19.4 Å². The largest absolute Gasteiger partial charge is 0.489 e. The molecule has 7 nitrogen and oxygen atoms in total. The quantitative estimate of drug-likeness (QED) is 0.311. The topological polar surface area (TPSA) is 76.4 Å². The van der Waals surface area contributed by atoms with Gasteiger partial charge in [0.1, 0.15) is 29.3 Å². The molecule has 0 spiro atoms. The van der Waals surface area contributed by atoms with Crippen LogP contribution in [0, 0.1) is 5.82 Å². The van der Waals surface area contributed by atoms with Crippen molar-refractivity contribution in [3.05, 3.63) is 41.7 Å². The number of benzene rings is 1. The SMILES string of the molecule is CCNC(=NCC(C)Oc1cccc(F)c1)NCCc1nnc2n1CCCCC2.I. The number of halogens is 2. The first-order valence-corrected chi connectivity index (χ1v) is 10.5. The van der Waals surface area contributed by atoms with Crippen LogP contribution in [0.4, 0.5) is 4.39 Å². The summed E-state index contributed by atoms with van der Waals surface area (Å²) in [6, 6.07) is 6.16. The fourth-order valence-electron chi connectivity index (χ4n) is 3.39. The fraction of sp³-hybridized carbons (Fsp3) is 0.571. The summed E-state index contributed by atoms with van der Waals surface area (Å²) in [5.41, 5.74) is 0. The van der Waals surface area contributed by atoms with Crippen molar-refractivity contribution in [1.82, 2.24) is 25.4 Å². The lowest BCUT2D eigenvalue weighted by molar-refractivity contribution is 0.229. The lowest BCUT2D eigenvalue weighted by atomic mass is 10.2. The van der Waals surface area contributed by atoms with Gasteiger partial charge in [-0.05, 0) is 38.8 Å². The molecule has 0 fully saturated rings. The van der Waals surface area contributed by atoms with Crippen LogP contribution in [-0.4, -0.2) is 46.5 Å². The zero-order chi connectivity index (χ0) is 20.5. The number of fused-ring (bicyclic) bond motifs is 1. The molecule has 0 bridgehead atoms. The van der Waals surface area contributed by atoms with Crippen molar-refractivity contribution in [2.45, 2.75) is 58.6 Å². The van der Waals surface area contributed by atoms with E-state index in [1.807, 2.05) is 13.8 Å². The number of hydrogen-bond donors (Lipinski definition) is 2. The maximum Gasteiger partial charge on any atom is 0.191 e. The van der Waals surface area contributed by atoms with Crippen LogP contribution in [0.5, 0.6) is 5.75 Å². The van der Waals surface area contributed by atoms with E-state index in [-0.39, 0.29) is 35.9 Å². The molecule has 1 aromatic heterocycles. The van der Waals surface area contributed by atoms with E-state index in [1.165, 1.54) is 31.4 Å². The molecular formula is C21H32FIN6O. The Morgan fingerprint density at radius 1 is 1.27 bits per heavy atom. The van der Waals surface area contributed by atoms with Gasteiger partial charge in [-0.3, -0.25) is 0 Å². The summed E-state index contributed by atoms with van der Waals surface area (Å²) in [5.74, 6) is 3.09. The predicted octanol–water partition coefficient (Wildman–Crippen LogP) is 3.33. The Hall–Kier alpha value is -1.91. The second kappa shape index (κ2) is 12.7. The molecule has 0 radical (unpaired) electrons. The highest BCUT2D eigenvalue weighted by Gasteiger charge is 2.14. The third kappa shape index (κ3) is 7.41. The van der Waals surface area contributed by atoms with Crippen molar-refractivity contribution in [1.29, 1.82) is 0 Å². The fourth-order valence-corrected chi connectivity index (χ4v) is 3.39. The number of nitrogens with zero attached hydrogens (tertiary/aromatic N) is 4. The van der Waals surface area contributed by atoms with E-state index in [2.05, 4.69) is 30.4 Å². The summed E-state index contributed by atoms with van der Waals surface area (Å²) in [5, 5.41) is 15.3.